The van der Waals surface area contributed by atoms with Crippen molar-refractivity contribution in [1.29, 1.82) is 5.41 Å². The third kappa shape index (κ3) is 3.19. The van der Waals surface area contributed by atoms with E-state index in [1.54, 1.807) is 0 Å². The molecule has 19 heavy (non-hydrogen) atoms. The molecule has 1 aromatic carbocycles. The zero-order valence-electron chi connectivity index (χ0n) is 10.8. The van der Waals surface area contributed by atoms with Gasteiger partial charge in [-0.3, -0.25) is 5.41 Å². The monoisotopic (exact) mass is 257 g/mol. The third-order valence-electron chi connectivity index (χ3n) is 2.46. The maximum Gasteiger partial charge on any atom is 0.237 e. The van der Waals surface area contributed by atoms with Crippen LogP contribution in [0.25, 0.3) is 0 Å². The van der Waals surface area contributed by atoms with Gasteiger partial charge in [0, 0.05) is 25.8 Å². The van der Waals surface area contributed by atoms with Crippen LogP contribution in [0.3, 0.4) is 0 Å². The number of aromatic nitrogens is 2. The van der Waals surface area contributed by atoms with E-state index in [0.29, 0.717) is 17.3 Å². The highest BCUT2D eigenvalue weighted by Crippen LogP contribution is 2.23. The molecule has 6 nitrogen and oxygen atoms in total. The number of rotatable bonds is 4. The number of nitrogens with one attached hydrogen (secondary N) is 1. The molecule has 0 amide bonds. The maximum absolute atomic E-state index is 7.23. The van der Waals surface area contributed by atoms with Gasteiger partial charge in [0.2, 0.25) is 5.88 Å². The van der Waals surface area contributed by atoms with Gasteiger partial charge in [0.05, 0.1) is 12.4 Å². The predicted molar refractivity (Wildman–Crippen MR) is 73.9 cm³/mol. The van der Waals surface area contributed by atoms with E-state index in [1.807, 2.05) is 43.3 Å². The van der Waals surface area contributed by atoms with E-state index in [0.717, 1.165) is 5.69 Å². The Morgan fingerprint density at radius 3 is 2.63 bits per heavy atom. The number of amidine groups is 1. The second kappa shape index (κ2) is 5.34. The molecule has 0 saturated carbocycles. The number of nitrogens with zero attached hydrogens (tertiary/aromatic N) is 3. The summed E-state index contributed by atoms with van der Waals surface area (Å²) in [5, 5.41) is 7.23. The fourth-order valence-electron chi connectivity index (χ4n) is 1.45. The Morgan fingerprint density at radius 1 is 1.26 bits per heavy atom. The fraction of sp³-hybridized carbons (Fsp3) is 0.154. The Morgan fingerprint density at radius 2 is 2.05 bits per heavy atom. The van der Waals surface area contributed by atoms with Crippen LogP contribution >= 0.6 is 0 Å². The van der Waals surface area contributed by atoms with Gasteiger partial charge in [-0.05, 0) is 12.1 Å². The largest absolute Gasteiger partial charge is 0.437 e. The number of hydrogen-bond acceptors (Lipinski definition) is 5. The molecular formula is C13H15N5O. The van der Waals surface area contributed by atoms with E-state index in [4.69, 9.17) is 15.9 Å². The lowest BCUT2D eigenvalue weighted by Gasteiger charge is -2.13. The summed E-state index contributed by atoms with van der Waals surface area (Å²) in [7, 11) is 3.92. The second-order valence-corrected chi connectivity index (χ2v) is 4.15. The second-order valence-electron chi connectivity index (χ2n) is 4.15. The van der Waals surface area contributed by atoms with Gasteiger partial charge in [-0.15, -0.1) is 0 Å². The number of ether oxygens (including phenoxy) is 1. The molecular weight excluding hydrogens is 242 g/mol. The van der Waals surface area contributed by atoms with Crippen LogP contribution in [0.2, 0.25) is 0 Å². The van der Waals surface area contributed by atoms with Crippen molar-refractivity contribution in [2.75, 3.05) is 19.0 Å². The highest BCUT2D eigenvalue weighted by molar-refractivity contribution is 5.92. The average Bonchev–Trinajstić information content (AvgIpc) is 2.39. The third-order valence-corrected chi connectivity index (χ3v) is 2.46. The maximum atomic E-state index is 7.23. The number of nitrogen functional groups attached to an aromatic ring is 1. The molecule has 0 atom stereocenters. The summed E-state index contributed by atoms with van der Waals surface area (Å²) in [5.41, 5.74) is 6.67. The minimum Gasteiger partial charge on any atom is -0.437 e. The molecule has 3 N–H and O–H groups in total. The molecule has 0 aliphatic heterocycles. The van der Waals surface area contributed by atoms with Crippen molar-refractivity contribution in [3.8, 4) is 11.6 Å². The highest BCUT2D eigenvalue weighted by Gasteiger charge is 2.03. The number of benzene rings is 1. The van der Waals surface area contributed by atoms with Gasteiger partial charge in [-0.2, -0.15) is 0 Å². The molecule has 6 heteroatoms. The topological polar surface area (TPSA) is 88.1 Å². The predicted octanol–water partition coefficient (Wildman–Crippen LogP) is 1.62. The van der Waals surface area contributed by atoms with Crippen molar-refractivity contribution in [1.82, 2.24) is 9.97 Å². The van der Waals surface area contributed by atoms with Crippen molar-refractivity contribution >= 4 is 11.5 Å². The summed E-state index contributed by atoms with van der Waals surface area (Å²) in [6, 6.07) is 7.63. The van der Waals surface area contributed by atoms with Gasteiger partial charge in [0.1, 0.15) is 17.3 Å². The molecule has 98 valence electrons. The van der Waals surface area contributed by atoms with Crippen LogP contribution in [0.5, 0.6) is 11.6 Å². The van der Waals surface area contributed by atoms with Gasteiger partial charge in [0.25, 0.3) is 0 Å². The van der Waals surface area contributed by atoms with Crippen molar-refractivity contribution in [3.05, 3.63) is 42.4 Å². The molecule has 0 saturated heterocycles. The highest BCUT2D eigenvalue weighted by atomic mass is 16.5. The van der Waals surface area contributed by atoms with Crippen LogP contribution in [0.15, 0.2) is 36.7 Å². The lowest BCUT2D eigenvalue weighted by molar-refractivity contribution is 0.460. The SMILES string of the molecule is CN(C)c1cccc(Oc2cnc(C(=N)N)cn2)c1. The van der Waals surface area contributed by atoms with Crippen molar-refractivity contribution in [2.24, 2.45) is 5.73 Å². The van der Waals surface area contributed by atoms with Crippen molar-refractivity contribution in [2.45, 2.75) is 0 Å². The van der Waals surface area contributed by atoms with Gasteiger partial charge >= 0.3 is 0 Å². The van der Waals surface area contributed by atoms with E-state index >= 15 is 0 Å². The summed E-state index contributed by atoms with van der Waals surface area (Å²) in [6.45, 7) is 0. The first-order chi connectivity index (χ1) is 9.06. The normalized spacial score (nSPS) is 10.0. The first-order valence-electron chi connectivity index (χ1n) is 5.68. The van der Waals surface area contributed by atoms with E-state index in [1.165, 1.54) is 12.4 Å². The zero-order valence-corrected chi connectivity index (χ0v) is 10.8. The lowest BCUT2D eigenvalue weighted by atomic mass is 10.3. The Labute approximate surface area is 111 Å². The van der Waals surface area contributed by atoms with E-state index in [2.05, 4.69) is 9.97 Å². The van der Waals surface area contributed by atoms with Gasteiger partial charge in [-0.1, -0.05) is 6.07 Å². The molecule has 0 bridgehead atoms. The van der Waals surface area contributed by atoms with Crippen LogP contribution in [0.4, 0.5) is 5.69 Å². The van der Waals surface area contributed by atoms with Crippen molar-refractivity contribution < 1.29 is 4.74 Å². The summed E-state index contributed by atoms with van der Waals surface area (Å²) in [6.07, 6.45) is 2.85. The summed E-state index contributed by atoms with van der Waals surface area (Å²) in [4.78, 5) is 10.0. The quantitative estimate of drug-likeness (QED) is 0.642. The number of nitrogens with two attached hydrogens (primary N) is 1. The molecule has 2 rings (SSSR count). The van der Waals surface area contributed by atoms with Crippen LogP contribution in [0, 0.1) is 5.41 Å². The van der Waals surface area contributed by atoms with Crippen LogP contribution < -0.4 is 15.4 Å². The van der Waals surface area contributed by atoms with Crippen LogP contribution in [0.1, 0.15) is 5.69 Å². The number of hydrogen-bond donors (Lipinski definition) is 2. The van der Waals surface area contributed by atoms with Gasteiger partial charge < -0.3 is 15.4 Å². The van der Waals surface area contributed by atoms with Gasteiger partial charge in [0.15, 0.2) is 0 Å². The molecule has 2 aromatic rings. The minimum atomic E-state index is -0.117. The Bertz CT molecular complexity index is 580. The fourth-order valence-corrected chi connectivity index (χ4v) is 1.45. The first kappa shape index (κ1) is 12.8. The molecule has 1 aromatic heterocycles. The van der Waals surface area contributed by atoms with E-state index in [-0.39, 0.29) is 5.84 Å². The molecule has 0 aliphatic carbocycles. The van der Waals surface area contributed by atoms with Crippen LogP contribution in [-0.2, 0) is 0 Å². The number of anilines is 1. The Balaban J connectivity index is 2.16. The smallest absolute Gasteiger partial charge is 0.237 e. The molecule has 1 heterocycles. The Kier molecular flexibility index (Phi) is 3.61. The van der Waals surface area contributed by atoms with E-state index < -0.39 is 0 Å². The lowest BCUT2D eigenvalue weighted by Crippen LogP contribution is -2.13. The van der Waals surface area contributed by atoms with Crippen molar-refractivity contribution in [3.63, 3.8) is 0 Å². The summed E-state index contributed by atoms with van der Waals surface area (Å²) >= 11 is 0. The molecule has 0 radical (unpaired) electrons. The minimum absolute atomic E-state index is 0.117. The molecule has 0 aliphatic rings. The average molecular weight is 257 g/mol. The molecule has 0 spiro atoms. The first-order valence-corrected chi connectivity index (χ1v) is 5.68. The molecule has 0 unspecified atom stereocenters. The van der Waals surface area contributed by atoms with E-state index in [9.17, 15) is 0 Å². The summed E-state index contributed by atoms with van der Waals surface area (Å²) < 4.78 is 5.59. The molecule has 0 fully saturated rings. The van der Waals surface area contributed by atoms with Gasteiger partial charge in [-0.25, -0.2) is 9.97 Å². The standard InChI is InChI=1S/C13H15N5O/c1-18(2)9-4-3-5-10(6-9)19-12-8-16-11(7-17-12)13(14)15/h3-8H,1-2H3,(H3,14,15). The zero-order chi connectivity index (χ0) is 13.8. The summed E-state index contributed by atoms with van der Waals surface area (Å²) in [5.74, 6) is 0.922. The van der Waals surface area contributed by atoms with Crippen LogP contribution in [-0.4, -0.2) is 29.9 Å². The Hall–Kier alpha value is -2.63.